The molecule has 0 aliphatic rings. The number of aliphatic hydroxyl groups excluding tert-OH is 1. The van der Waals surface area contributed by atoms with Gasteiger partial charge < -0.3 is 9.52 Å². The SMILES string of the molecule is Cc1cc(C)c(C(O)Cc2nc3ccccc3o2)c(C)c1. The average Bonchev–Trinajstić information content (AvgIpc) is 2.79. The van der Waals surface area contributed by atoms with Gasteiger partial charge in [0.25, 0.3) is 0 Å². The van der Waals surface area contributed by atoms with Crippen LogP contribution in [0.25, 0.3) is 11.1 Å². The first-order valence-electron chi connectivity index (χ1n) is 7.15. The van der Waals surface area contributed by atoms with Crippen molar-refractivity contribution >= 4 is 11.1 Å². The van der Waals surface area contributed by atoms with E-state index < -0.39 is 6.10 Å². The molecule has 0 amide bonds. The summed E-state index contributed by atoms with van der Waals surface area (Å²) in [4.78, 5) is 4.43. The maximum atomic E-state index is 10.6. The lowest BCUT2D eigenvalue weighted by Crippen LogP contribution is -2.07. The Morgan fingerprint density at radius 3 is 2.43 bits per heavy atom. The minimum Gasteiger partial charge on any atom is -0.441 e. The first-order chi connectivity index (χ1) is 10.0. The molecule has 1 unspecified atom stereocenters. The van der Waals surface area contributed by atoms with Crippen LogP contribution in [0.5, 0.6) is 0 Å². The number of rotatable bonds is 3. The summed E-state index contributed by atoms with van der Waals surface area (Å²) in [6, 6.07) is 11.8. The maximum Gasteiger partial charge on any atom is 0.198 e. The third-order valence-electron chi connectivity index (χ3n) is 3.78. The minimum atomic E-state index is -0.598. The van der Waals surface area contributed by atoms with Crippen LogP contribution in [-0.2, 0) is 6.42 Å². The molecule has 0 aliphatic carbocycles. The number of oxazole rings is 1. The van der Waals surface area contributed by atoms with Gasteiger partial charge in [-0.15, -0.1) is 0 Å². The highest BCUT2D eigenvalue weighted by molar-refractivity contribution is 5.72. The van der Waals surface area contributed by atoms with Crippen LogP contribution in [0, 0.1) is 20.8 Å². The van der Waals surface area contributed by atoms with Crippen LogP contribution in [0.3, 0.4) is 0 Å². The second-order valence-corrected chi connectivity index (χ2v) is 5.61. The van der Waals surface area contributed by atoms with Gasteiger partial charge in [0.05, 0.1) is 12.5 Å². The molecular weight excluding hydrogens is 262 g/mol. The lowest BCUT2D eigenvalue weighted by atomic mass is 9.94. The summed E-state index contributed by atoms with van der Waals surface area (Å²) in [5.41, 5.74) is 5.99. The van der Waals surface area contributed by atoms with E-state index in [9.17, 15) is 5.11 Å². The number of benzene rings is 2. The molecule has 1 heterocycles. The van der Waals surface area contributed by atoms with Crippen molar-refractivity contribution in [2.45, 2.75) is 33.3 Å². The van der Waals surface area contributed by atoms with Crippen molar-refractivity contribution in [1.29, 1.82) is 0 Å². The van der Waals surface area contributed by atoms with E-state index in [2.05, 4.69) is 24.0 Å². The van der Waals surface area contributed by atoms with Gasteiger partial charge in [-0.05, 0) is 49.6 Å². The molecule has 0 spiro atoms. The van der Waals surface area contributed by atoms with Crippen molar-refractivity contribution in [2.24, 2.45) is 0 Å². The second-order valence-electron chi connectivity index (χ2n) is 5.61. The van der Waals surface area contributed by atoms with Gasteiger partial charge in [0, 0.05) is 0 Å². The van der Waals surface area contributed by atoms with Crippen LogP contribution in [0.4, 0.5) is 0 Å². The second kappa shape index (κ2) is 5.34. The summed E-state index contributed by atoms with van der Waals surface area (Å²) >= 11 is 0. The lowest BCUT2D eigenvalue weighted by Gasteiger charge is -2.16. The molecule has 3 aromatic rings. The zero-order chi connectivity index (χ0) is 15.0. The van der Waals surface area contributed by atoms with Gasteiger partial charge in [0.1, 0.15) is 5.52 Å². The molecule has 0 radical (unpaired) electrons. The topological polar surface area (TPSA) is 46.3 Å². The summed E-state index contributed by atoms with van der Waals surface area (Å²) in [6.07, 6.45) is -0.210. The Morgan fingerprint density at radius 1 is 1.10 bits per heavy atom. The van der Waals surface area contributed by atoms with Gasteiger partial charge in [-0.3, -0.25) is 0 Å². The molecule has 0 saturated heterocycles. The van der Waals surface area contributed by atoms with Gasteiger partial charge in [0.2, 0.25) is 0 Å². The number of fused-ring (bicyclic) bond motifs is 1. The number of hydrogen-bond acceptors (Lipinski definition) is 3. The molecular formula is C18H19NO2. The Balaban J connectivity index is 1.91. The van der Waals surface area contributed by atoms with Gasteiger partial charge in [0.15, 0.2) is 11.5 Å². The van der Waals surface area contributed by atoms with Crippen molar-refractivity contribution in [3.05, 3.63) is 64.5 Å². The van der Waals surface area contributed by atoms with E-state index >= 15 is 0 Å². The zero-order valence-corrected chi connectivity index (χ0v) is 12.6. The number of aliphatic hydroxyl groups is 1. The number of hydrogen-bond donors (Lipinski definition) is 1. The minimum absolute atomic E-state index is 0.388. The molecule has 1 aromatic heterocycles. The summed E-state index contributed by atoms with van der Waals surface area (Å²) in [5.74, 6) is 0.572. The van der Waals surface area contributed by atoms with E-state index in [1.165, 1.54) is 5.56 Å². The Bertz CT molecular complexity index is 733. The van der Waals surface area contributed by atoms with Crippen LogP contribution in [0.1, 0.15) is 34.2 Å². The average molecular weight is 281 g/mol. The van der Waals surface area contributed by atoms with Crippen molar-refractivity contribution in [3.63, 3.8) is 0 Å². The lowest BCUT2D eigenvalue weighted by molar-refractivity contribution is 0.168. The quantitative estimate of drug-likeness (QED) is 0.788. The molecule has 2 aromatic carbocycles. The number of aryl methyl sites for hydroxylation is 3. The molecule has 108 valence electrons. The molecule has 3 rings (SSSR count). The summed E-state index contributed by atoms with van der Waals surface area (Å²) < 4.78 is 5.69. The number of para-hydroxylation sites is 2. The monoisotopic (exact) mass is 281 g/mol. The van der Waals surface area contributed by atoms with Gasteiger partial charge in [-0.25, -0.2) is 4.98 Å². The van der Waals surface area contributed by atoms with Crippen molar-refractivity contribution in [2.75, 3.05) is 0 Å². The molecule has 1 N–H and O–H groups in total. The standard InChI is InChI=1S/C18H19NO2/c1-11-8-12(2)18(13(3)9-11)15(20)10-17-19-14-6-4-5-7-16(14)21-17/h4-9,15,20H,10H2,1-3H3. The van der Waals surface area contributed by atoms with Crippen LogP contribution in [0.2, 0.25) is 0 Å². The number of nitrogens with zero attached hydrogens (tertiary/aromatic N) is 1. The molecule has 0 bridgehead atoms. The third-order valence-corrected chi connectivity index (χ3v) is 3.78. The predicted octanol–water partition coefficient (Wildman–Crippen LogP) is 4.03. The van der Waals surface area contributed by atoms with E-state index in [-0.39, 0.29) is 0 Å². The fourth-order valence-corrected chi connectivity index (χ4v) is 2.99. The summed E-state index contributed by atoms with van der Waals surface area (Å²) in [5, 5.41) is 10.6. The normalized spacial score (nSPS) is 12.8. The third kappa shape index (κ3) is 2.69. The maximum absolute atomic E-state index is 10.6. The summed E-state index contributed by atoms with van der Waals surface area (Å²) in [7, 11) is 0. The van der Waals surface area contributed by atoms with Crippen LogP contribution < -0.4 is 0 Å². The Morgan fingerprint density at radius 2 is 1.76 bits per heavy atom. The van der Waals surface area contributed by atoms with Crippen LogP contribution >= 0.6 is 0 Å². The smallest absolute Gasteiger partial charge is 0.198 e. The molecule has 0 aliphatic heterocycles. The highest BCUT2D eigenvalue weighted by atomic mass is 16.4. The fourth-order valence-electron chi connectivity index (χ4n) is 2.99. The van der Waals surface area contributed by atoms with E-state index in [0.29, 0.717) is 12.3 Å². The highest BCUT2D eigenvalue weighted by Crippen LogP contribution is 2.27. The van der Waals surface area contributed by atoms with Crippen LogP contribution in [-0.4, -0.2) is 10.1 Å². The van der Waals surface area contributed by atoms with Crippen molar-refractivity contribution < 1.29 is 9.52 Å². The largest absolute Gasteiger partial charge is 0.441 e. The Kier molecular flexibility index (Phi) is 3.52. The van der Waals surface area contributed by atoms with Gasteiger partial charge in [-0.2, -0.15) is 0 Å². The molecule has 21 heavy (non-hydrogen) atoms. The Labute approximate surface area is 124 Å². The molecule has 3 heteroatoms. The van der Waals surface area contributed by atoms with Crippen LogP contribution in [0.15, 0.2) is 40.8 Å². The molecule has 0 fully saturated rings. The summed E-state index contributed by atoms with van der Waals surface area (Å²) in [6.45, 7) is 6.13. The molecule has 0 saturated carbocycles. The van der Waals surface area contributed by atoms with E-state index in [1.807, 2.05) is 38.1 Å². The predicted molar refractivity (Wildman–Crippen MR) is 83.3 cm³/mol. The molecule has 3 nitrogen and oxygen atoms in total. The fraction of sp³-hybridized carbons (Fsp3) is 0.278. The zero-order valence-electron chi connectivity index (χ0n) is 12.6. The van der Waals surface area contributed by atoms with Crippen molar-refractivity contribution in [3.8, 4) is 0 Å². The molecule has 1 atom stereocenters. The van der Waals surface area contributed by atoms with E-state index in [1.54, 1.807) is 0 Å². The van der Waals surface area contributed by atoms with Crippen molar-refractivity contribution in [1.82, 2.24) is 4.98 Å². The first kappa shape index (κ1) is 13.8. The van der Waals surface area contributed by atoms with Gasteiger partial charge in [-0.1, -0.05) is 29.8 Å². The Hall–Kier alpha value is -2.13. The van der Waals surface area contributed by atoms with Gasteiger partial charge >= 0.3 is 0 Å². The first-order valence-corrected chi connectivity index (χ1v) is 7.15. The highest BCUT2D eigenvalue weighted by Gasteiger charge is 2.17. The number of aromatic nitrogens is 1. The van der Waals surface area contributed by atoms with E-state index in [4.69, 9.17) is 4.42 Å². The van der Waals surface area contributed by atoms with E-state index in [0.717, 1.165) is 27.8 Å².